The van der Waals surface area contributed by atoms with E-state index in [9.17, 15) is 40.8 Å². The third-order valence-electron chi connectivity index (χ3n) is 8.81. The number of carbonyl (C=O) groups is 4. The second kappa shape index (κ2) is 12.5. The highest BCUT2D eigenvalue weighted by Gasteiger charge is 2.61. The van der Waals surface area contributed by atoms with Gasteiger partial charge in [-0.25, -0.2) is 8.42 Å². The molecule has 2 heterocycles. The van der Waals surface area contributed by atoms with Crippen LogP contribution in [0.3, 0.4) is 0 Å². The molecule has 2 aliphatic carbocycles. The molecule has 3 fully saturated rings. The van der Waals surface area contributed by atoms with Crippen LogP contribution < -0.4 is 15.4 Å². The van der Waals surface area contributed by atoms with Crippen molar-refractivity contribution in [2.75, 3.05) is 6.54 Å². The molecule has 4 amide bonds. The van der Waals surface area contributed by atoms with Crippen molar-refractivity contribution in [1.82, 2.24) is 20.3 Å². The fourth-order valence-corrected chi connectivity index (χ4v) is 7.38. The number of benzene rings is 1. The summed E-state index contributed by atoms with van der Waals surface area (Å²) in [7, 11) is -3.84. The van der Waals surface area contributed by atoms with Gasteiger partial charge in [-0.2, -0.15) is 13.2 Å². The zero-order valence-electron chi connectivity index (χ0n) is 24.2. The van der Waals surface area contributed by atoms with Crippen LogP contribution in [0.2, 0.25) is 0 Å². The van der Waals surface area contributed by atoms with Crippen molar-refractivity contribution in [2.24, 2.45) is 5.92 Å². The number of hydrogen-bond donors (Lipinski definition) is 3. The molecule has 0 bridgehead atoms. The van der Waals surface area contributed by atoms with E-state index in [1.54, 1.807) is 0 Å². The number of nitrogens with zero attached hydrogens (tertiary/aromatic N) is 1. The van der Waals surface area contributed by atoms with E-state index >= 15 is 0 Å². The maximum absolute atomic E-state index is 13.8. The van der Waals surface area contributed by atoms with Crippen LogP contribution in [0, 0.1) is 5.92 Å². The Kier molecular flexibility index (Phi) is 9.11. The van der Waals surface area contributed by atoms with Gasteiger partial charge in [0.1, 0.15) is 17.6 Å². The van der Waals surface area contributed by atoms with E-state index in [1.807, 2.05) is 12.2 Å². The Hall–Kier alpha value is -3.42. The SMILES string of the molecule is O=C(Cc1ccc(C(F)(F)F)cc1)NC1CCCCC/C=C\[C@@H]2C[C@@]2(C(=O)NS(=O)(=O)C2CC2)NC(=O)C2CCCN2C1=O. The lowest BCUT2D eigenvalue weighted by atomic mass is 10.0. The van der Waals surface area contributed by atoms with Crippen molar-refractivity contribution in [3.05, 3.63) is 47.5 Å². The molecule has 0 spiro atoms. The van der Waals surface area contributed by atoms with Gasteiger partial charge in [-0.1, -0.05) is 37.1 Å². The molecule has 44 heavy (non-hydrogen) atoms. The highest BCUT2D eigenvalue weighted by Crippen LogP contribution is 2.46. The fourth-order valence-electron chi connectivity index (χ4n) is 6.02. The van der Waals surface area contributed by atoms with Crippen LogP contribution in [-0.4, -0.2) is 66.4 Å². The van der Waals surface area contributed by atoms with Crippen LogP contribution in [0.5, 0.6) is 0 Å². The summed E-state index contributed by atoms with van der Waals surface area (Å²) in [6.45, 7) is 0.265. The van der Waals surface area contributed by atoms with Crippen molar-refractivity contribution in [2.45, 2.75) is 99.7 Å². The summed E-state index contributed by atoms with van der Waals surface area (Å²) >= 11 is 0. The lowest BCUT2D eigenvalue weighted by Crippen LogP contribution is -2.58. The van der Waals surface area contributed by atoms with Gasteiger partial charge in [-0.15, -0.1) is 0 Å². The molecule has 5 rings (SSSR count). The van der Waals surface area contributed by atoms with E-state index in [1.165, 1.54) is 17.0 Å². The average Bonchev–Trinajstić information content (AvgIpc) is 3.87. The molecular weight excluding hydrogens is 601 g/mol. The molecule has 2 saturated carbocycles. The number of fused-ring (bicyclic) bond motifs is 2. The topological polar surface area (TPSA) is 142 Å². The van der Waals surface area contributed by atoms with E-state index in [2.05, 4.69) is 15.4 Å². The van der Waals surface area contributed by atoms with Gasteiger partial charge in [-0.05, 0) is 69.1 Å². The Bertz CT molecular complexity index is 1430. The number of allylic oxidation sites excluding steroid dienone is 1. The lowest BCUT2D eigenvalue weighted by molar-refractivity contribution is -0.142. The van der Waals surface area contributed by atoms with Crippen LogP contribution >= 0.6 is 0 Å². The minimum atomic E-state index is -4.50. The standard InChI is InChI=1S/C30H37F3N4O6S/c31-30(32,33)20-12-10-19(11-13-20)17-25(38)34-23-8-5-3-1-2-4-7-21-18-29(21,28(41)36-44(42,43)22-14-15-22)35-26(39)24-9-6-16-37(24)27(23)40/h4,7,10-13,21-24H,1-3,5-6,8-9,14-18H2,(H,34,38)(H,35,39)(H,36,41)/b7-4-/t21-,23?,24?,29-/m1/s1. The molecule has 4 atom stereocenters. The maximum atomic E-state index is 13.8. The molecule has 2 aliphatic heterocycles. The highest BCUT2D eigenvalue weighted by atomic mass is 32.2. The molecule has 1 aromatic rings. The zero-order chi connectivity index (χ0) is 31.7. The molecule has 0 radical (unpaired) electrons. The quantitative estimate of drug-likeness (QED) is 0.410. The molecule has 1 saturated heterocycles. The van der Waals surface area contributed by atoms with Crippen molar-refractivity contribution in [3.63, 3.8) is 0 Å². The van der Waals surface area contributed by atoms with Gasteiger partial charge < -0.3 is 15.5 Å². The molecule has 240 valence electrons. The molecule has 4 aliphatic rings. The van der Waals surface area contributed by atoms with Crippen molar-refractivity contribution in [1.29, 1.82) is 0 Å². The number of carbonyl (C=O) groups excluding carboxylic acids is 4. The third kappa shape index (κ3) is 7.27. The van der Waals surface area contributed by atoms with Crippen LogP contribution in [0.1, 0.15) is 75.3 Å². The van der Waals surface area contributed by atoms with Gasteiger partial charge >= 0.3 is 6.18 Å². The molecular formula is C30H37F3N4O6S. The third-order valence-corrected chi connectivity index (χ3v) is 10.6. The smallest absolute Gasteiger partial charge is 0.344 e. The van der Waals surface area contributed by atoms with E-state index in [0.29, 0.717) is 50.5 Å². The van der Waals surface area contributed by atoms with Crippen molar-refractivity contribution in [3.8, 4) is 0 Å². The number of hydrogen-bond acceptors (Lipinski definition) is 6. The van der Waals surface area contributed by atoms with E-state index in [4.69, 9.17) is 0 Å². The Labute approximate surface area is 254 Å². The monoisotopic (exact) mass is 638 g/mol. The Balaban J connectivity index is 1.30. The minimum Gasteiger partial charge on any atom is -0.344 e. The first-order chi connectivity index (χ1) is 20.8. The summed E-state index contributed by atoms with van der Waals surface area (Å²) in [6.07, 6.45) is 4.23. The Morgan fingerprint density at radius 3 is 2.41 bits per heavy atom. The summed E-state index contributed by atoms with van der Waals surface area (Å²) in [4.78, 5) is 55.0. The normalized spacial score (nSPS) is 28.9. The maximum Gasteiger partial charge on any atom is 0.416 e. The molecule has 10 nitrogen and oxygen atoms in total. The van der Waals surface area contributed by atoms with Crippen molar-refractivity contribution >= 4 is 33.7 Å². The van der Waals surface area contributed by atoms with Crippen LogP contribution in [0.4, 0.5) is 13.2 Å². The van der Waals surface area contributed by atoms with Gasteiger partial charge in [0.25, 0.3) is 5.91 Å². The first kappa shape index (κ1) is 32.0. The molecule has 3 N–H and O–H groups in total. The predicted molar refractivity (Wildman–Crippen MR) is 153 cm³/mol. The van der Waals surface area contributed by atoms with Gasteiger partial charge in [0, 0.05) is 12.5 Å². The second-order valence-electron chi connectivity index (χ2n) is 12.2. The zero-order valence-corrected chi connectivity index (χ0v) is 25.0. The molecule has 1 aromatic carbocycles. The van der Waals surface area contributed by atoms with Crippen LogP contribution in [0.15, 0.2) is 36.4 Å². The summed E-state index contributed by atoms with van der Waals surface area (Å²) in [6, 6.07) is 2.40. The van der Waals surface area contributed by atoms with Gasteiger partial charge in [0.2, 0.25) is 27.7 Å². The minimum absolute atomic E-state index is 0.223. The van der Waals surface area contributed by atoms with Crippen LogP contribution in [-0.2, 0) is 41.8 Å². The van der Waals surface area contributed by atoms with E-state index < -0.39 is 68.3 Å². The van der Waals surface area contributed by atoms with Gasteiger partial charge in [0.05, 0.1) is 17.2 Å². The van der Waals surface area contributed by atoms with Gasteiger partial charge in [0.15, 0.2) is 0 Å². The Morgan fingerprint density at radius 1 is 1.00 bits per heavy atom. The largest absolute Gasteiger partial charge is 0.416 e. The second-order valence-corrected chi connectivity index (χ2v) is 14.2. The first-order valence-electron chi connectivity index (χ1n) is 15.1. The van der Waals surface area contributed by atoms with Crippen LogP contribution in [0.25, 0.3) is 0 Å². The summed E-state index contributed by atoms with van der Waals surface area (Å²) in [5.41, 5.74) is -1.90. The average molecular weight is 639 g/mol. The predicted octanol–water partition coefficient (Wildman–Crippen LogP) is 2.73. The van der Waals surface area contributed by atoms with E-state index in [-0.39, 0.29) is 25.3 Å². The number of sulfonamides is 1. The summed E-state index contributed by atoms with van der Waals surface area (Å²) in [5.74, 6) is -2.69. The molecule has 2 unspecified atom stereocenters. The number of alkyl halides is 3. The lowest BCUT2D eigenvalue weighted by Gasteiger charge is -2.30. The fraction of sp³-hybridized carbons (Fsp3) is 0.600. The summed E-state index contributed by atoms with van der Waals surface area (Å²) in [5, 5.41) is 4.92. The molecule has 0 aromatic heterocycles. The van der Waals surface area contributed by atoms with E-state index in [0.717, 1.165) is 25.0 Å². The number of nitrogens with one attached hydrogen (secondary N) is 3. The van der Waals surface area contributed by atoms with Gasteiger partial charge in [-0.3, -0.25) is 23.9 Å². The number of halogens is 3. The molecule has 14 heteroatoms. The first-order valence-corrected chi connectivity index (χ1v) is 16.7. The summed E-state index contributed by atoms with van der Waals surface area (Å²) < 4.78 is 65.9. The Morgan fingerprint density at radius 2 is 1.73 bits per heavy atom. The van der Waals surface area contributed by atoms with Crippen molar-refractivity contribution < 1.29 is 40.8 Å². The number of rotatable bonds is 6. The highest BCUT2D eigenvalue weighted by molar-refractivity contribution is 7.91. The number of amides is 4.